The highest BCUT2D eigenvalue weighted by Gasteiger charge is 2.22. The van der Waals surface area contributed by atoms with Crippen LogP contribution >= 0.6 is 11.8 Å². The van der Waals surface area contributed by atoms with Crippen LogP contribution in [0.15, 0.2) is 66.7 Å². The van der Waals surface area contributed by atoms with Crippen molar-refractivity contribution in [3.05, 3.63) is 72.3 Å². The van der Waals surface area contributed by atoms with Crippen LogP contribution in [0.2, 0.25) is 0 Å². The van der Waals surface area contributed by atoms with Crippen molar-refractivity contribution < 1.29 is 19.1 Å². The zero-order valence-electron chi connectivity index (χ0n) is 18.3. The lowest BCUT2D eigenvalue weighted by atomic mass is 10.1. The first kappa shape index (κ1) is 23.5. The summed E-state index contributed by atoms with van der Waals surface area (Å²) in [7, 11) is 1.51. The molecule has 0 radical (unpaired) electrons. The maximum absolute atomic E-state index is 12.7. The number of benzene rings is 3. The first-order chi connectivity index (χ1) is 15.6. The molecule has 3 rings (SSSR count). The molecule has 0 aliphatic heterocycles. The normalized spacial score (nSPS) is 11.6. The number of carbonyl (C=O) groups excluding carboxylic acids is 2. The monoisotopic (exact) mass is 452 g/mol. The highest BCUT2D eigenvalue weighted by molar-refractivity contribution is 7.98. The summed E-state index contributed by atoms with van der Waals surface area (Å²) in [6.45, 7) is 0.672. The van der Waals surface area contributed by atoms with Crippen LogP contribution in [0.5, 0.6) is 11.5 Å². The predicted octanol–water partition coefficient (Wildman–Crippen LogP) is 3.90. The lowest BCUT2D eigenvalue weighted by Gasteiger charge is -2.19. The molecule has 0 bridgehead atoms. The van der Waals surface area contributed by atoms with Gasteiger partial charge in [-0.25, -0.2) is 0 Å². The molecule has 0 saturated heterocycles. The van der Waals surface area contributed by atoms with Gasteiger partial charge in [-0.2, -0.15) is 11.8 Å². The lowest BCUT2D eigenvalue weighted by molar-refractivity contribution is -0.123. The summed E-state index contributed by atoms with van der Waals surface area (Å²) < 4.78 is 11.0. The van der Waals surface area contributed by atoms with Crippen molar-refractivity contribution in [2.75, 3.05) is 32.3 Å². The van der Waals surface area contributed by atoms with Gasteiger partial charge in [0.1, 0.15) is 24.1 Å². The molecule has 0 fully saturated rings. The minimum Gasteiger partial charge on any atom is -0.496 e. The van der Waals surface area contributed by atoms with E-state index in [4.69, 9.17) is 9.47 Å². The van der Waals surface area contributed by atoms with E-state index in [-0.39, 0.29) is 11.8 Å². The number of thioether (sulfide) groups is 1. The number of methoxy groups -OCH3 is 1. The highest BCUT2D eigenvalue weighted by atomic mass is 32.2. The van der Waals surface area contributed by atoms with Crippen molar-refractivity contribution in [3.63, 3.8) is 0 Å². The van der Waals surface area contributed by atoms with Crippen molar-refractivity contribution in [1.29, 1.82) is 0 Å². The molecule has 0 spiro atoms. The Kier molecular flexibility index (Phi) is 8.80. The van der Waals surface area contributed by atoms with Gasteiger partial charge >= 0.3 is 0 Å². The quantitative estimate of drug-likeness (QED) is 0.432. The van der Waals surface area contributed by atoms with E-state index in [0.717, 1.165) is 22.3 Å². The van der Waals surface area contributed by atoms with Crippen LogP contribution in [0.1, 0.15) is 16.8 Å². The van der Waals surface area contributed by atoms with E-state index >= 15 is 0 Å². The van der Waals surface area contributed by atoms with Crippen molar-refractivity contribution in [2.24, 2.45) is 0 Å². The topological polar surface area (TPSA) is 76.7 Å². The average Bonchev–Trinajstić information content (AvgIpc) is 2.83. The largest absolute Gasteiger partial charge is 0.496 e. The van der Waals surface area contributed by atoms with Crippen LogP contribution in [0.3, 0.4) is 0 Å². The van der Waals surface area contributed by atoms with Crippen molar-refractivity contribution in [2.45, 2.75) is 12.5 Å². The summed E-state index contributed by atoms with van der Waals surface area (Å²) in [5, 5.41) is 7.95. The molecule has 1 unspecified atom stereocenters. The standard InChI is InChI=1S/C25H28N2O4S/c1-30-23-10-6-5-9-21(23)24(28)27-22(13-16-32-2)25(29)26-14-15-31-20-12-11-18-7-3-4-8-19(18)17-20/h3-12,17,22H,13-16H2,1-2H3,(H,26,29)(H,27,28). The second-order valence-corrected chi connectivity index (χ2v) is 8.14. The fraction of sp³-hybridized carbons (Fsp3) is 0.280. The molecule has 0 aliphatic carbocycles. The van der Waals surface area contributed by atoms with Crippen LogP contribution in [0.4, 0.5) is 0 Å². The summed E-state index contributed by atoms with van der Waals surface area (Å²) in [6.07, 6.45) is 2.49. The molecule has 0 saturated carbocycles. The highest BCUT2D eigenvalue weighted by Crippen LogP contribution is 2.20. The van der Waals surface area contributed by atoms with E-state index in [1.54, 1.807) is 36.0 Å². The summed E-state index contributed by atoms with van der Waals surface area (Å²) in [4.78, 5) is 25.5. The van der Waals surface area contributed by atoms with Gasteiger partial charge in [0.15, 0.2) is 0 Å². The van der Waals surface area contributed by atoms with Gasteiger partial charge in [0, 0.05) is 0 Å². The van der Waals surface area contributed by atoms with Gasteiger partial charge in [-0.05, 0) is 53.5 Å². The van der Waals surface area contributed by atoms with Crippen LogP contribution < -0.4 is 20.1 Å². The van der Waals surface area contributed by atoms with Gasteiger partial charge in [-0.1, -0.05) is 42.5 Å². The van der Waals surface area contributed by atoms with Gasteiger partial charge in [0.25, 0.3) is 5.91 Å². The van der Waals surface area contributed by atoms with E-state index < -0.39 is 6.04 Å². The predicted molar refractivity (Wildman–Crippen MR) is 130 cm³/mol. The number of para-hydroxylation sites is 1. The van der Waals surface area contributed by atoms with E-state index in [9.17, 15) is 9.59 Å². The van der Waals surface area contributed by atoms with Gasteiger partial charge < -0.3 is 20.1 Å². The number of hydrogen-bond acceptors (Lipinski definition) is 5. The molecule has 3 aromatic carbocycles. The molecule has 3 aromatic rings. The Bertz CT molecular complexity index is 1060. The maximum Gasteiger partial charge on any atom is 0.255 e. The van der Waals surface area contributed by atoms with E-state index in [1.807, 2.05) is 48.7 Å². The van der Waals surface area contributed by atoms with E-state index in [2.05, 4.69) is 10.6 Å². The van der Waals surface area contributed by atoms with Crippen LogP contribution in [0, 0.1) is 0 Å². The van der Waals surface area contributed by atoms with Gasteiger partial charge in [0.2, 0.25) is 5.91 Å². The number of ether oxygens (including phenoxy) is 2. The second-order valence-electron chi connectivity index (χ2n) is 7.16. The second kappa shape index (κ2) is 12.0. The molecule has 6 nitrogen and oxygen atoms in total. The molecular weight excluding hydrogens is 424 g/mol. The number of rotatable bonds is 11. The number of carbonyl (C=O) groups is 2. The SMILES string of the molecule is COc1ccccc1C(=O)NC(CCSC)C(=O)NCCOc1ccc2ccccc2c1. The molecule has 2 N–H and O–H groups in total. The van der Waals surface area contributed by atoms with Crippen LogP contribution in [-0.2, 0) is 4.79 Å². The Hall–Kier alpha value is -3.19. The fourth-order valence-electron chi connectivity index (χ4n) is 3.30. The summed E-state index contributed by atoms with van der Waals surface area (Å²) in [6, 6.07) is 20.3. The summed E-state index contributed by atoms with van der Waals surface area (Å²) >= 11 is 1.62. The number of fused-ring (bicyclic) bond motifs is 1. The lowest BCUT2D eigenvalue weighted by Crippen LogP contribution is -2.48. The van der Waals surface area contributed by atoms with Crippen molar-refractivity contribution in [1.82, 2.24) is 10.6 Å². The third-order valence-corrected chi connectivity index (χ3v) is 5.62. The molecule has 7 heteroatoms. The Balaban J connectivity index is 1.53. The number of amides is 2. The molecular formula is C25H28N2O4S. The van der Waals surface area contributed by atoms with E-state index in [0.29, 0.717) is 30.9 Å². The van der Waals surface area contributed by atoms with Gasteiger partial charge in [0.05, 0.1) is 19.2 Å². The minimum atomic E-state index is -0.638. The zero-order valence-corrected chi connectivity index (χ0v) is 19.1. The third kappa shape index (κ3) is 6.40. The molecule has 0 aromatic heterocycles. The number of nitrogens with one attached hydrogen (secondary N) is 2. The molecule has 2 amide bonds. The van der Waals surface area contributed by atoms with Crippen molar-refractivity contribution >= 4 is 34.3 Å². The summed E-state index contributed by atoms with van der Waals surface area (Å²) in [5.74, 6) is 1.40. The van der Waals surface area contributed by atoms with Crippen LogP contribution in [0.25, 0.3) is 10.8 Å². The first-order valence-corrected chi connectivity index (χ1v) is 11.8. The Morgan fingerprint density at radius 3 is 2.53 bits per heavy atom. The maximum atomic E-state index is 12.7. The molecule has 0 heterocycles. The van der Waals surface area contributed by atoms with E-state index in [1.165, 1.54) is 7.11 Å². The first-order valence-electron chi connectivity index (χ1n) is 10.4. The number of hydrogen-bond donors (Lipinski definition) is 2. The molecule has 1 atom stereocenters. The van der Waals surface area contributed by atoms with Gasteiger partial charge in [-0.15, -0.1) is 0 Å². The smallest absolute Gasteiger partial charge is 0.255 e. The van der Waals surface area contributed by atoms with Crippen LogP contribution in [-0.4, -0.2) is 50.1 Å². The van der Waals surface area contributed by atoms with Gasteiger partial charge in [-0.3, -0.25) is 9.59 Å². The molecule has 0 aliphatic rings. The van der Waals surface area contributed by atoms with Crippen molar-refractivity contribution in [3.8, 4) is 11.5 Å². The fourth-order valence-corrected chi connectivity index (χ4v) is 3.77. The third-order valence-electron chi connectivity index (χ3n) is 4.98. The average molecular weight is 453 g/mol. The zero-order chi connectivity index (χ0) is 22.8. The molecule has 32 heavy (non-hydrogen) atoms. The Morgan fingerprint density at radius 2 is 1.75 bits per heavy atom. The Labute approximate surface area is 192 Å². The Morgan fingerprint density at radius 1 is 1.00 bits per heavy atom. The summed E-state index contributed by atoms with van der Waals surface area (Å²) in [5.41, 5.74) is 0.400. The molecule has 168 valence electrons. The minimum absolute atomic E-state index is 0.232.